The summed E-state index contributed by atoms with van der Waals surface area (Å²) in [6.07, 6.45) is 0. The van der Waals surface area contributed by atoms with E-state index >= 15 is 0 Å². The fourth-order valence-corrected chi connectivity index (χ4v) is 1.99. The summed E-state index contributed by atoms with van der Waals surface area (Å²) in [6.45, 7) is 6.16. The lowest BCUT2D eigenvalue weighted by Gasteiger charge is -2.07. The van der Waals surface area contributed by atoms with Crippen molar-refractivity contribution in [1.82, 2.24) is 10.6 Å². The second kappa shape index (κ2) is 7.94. The molecule has 0 spiro atoms. The molecular formula is C19H20N2O2. The lowest BCUT2D eigenvalue weighted by molar-refractivity contribution is -0.117. The summed E-state index contributed by atoms with van der Waals surface area (Å²) in [6, 6.07) is 16.9. The molecule has 0 heterocycles. The lowest BCUT2D eigenvalue weighted by atomic mass is 10.1. The summed E-state index contributed by atoms with van der Waals surface area (Å²) < 4.78 is 0. The molecule has 23 heavy (non-hydrogen) atoms. The number of hydrogen-bond donors (Lipinski definition) is 2. The average molecular weight is 308 g/mol. The van der Waals surface area contributed by atoms with Gasteiger partial charge in [0.25, 0.3) is 5.91 Å². The van der Waals surface area contributed by atoms with Crippen LogP contribution in [0.2, 0.25) is 0 Å². The number of nitrogens with one attached hydrogen (secondary N) is 2. The number of carbonyl (C=O) groups is 2. The van der Waals surface area contributed by atoms with Crippen LogP contribution in [-0.2, 0) is 17.9 Å². The number of benzene rings is 2. The molecule has 2 rings (SSSR count). The van der Waals surface area contributed by atoms with E-state index in [0.29, 0.717) is 24.2 Å². The van der Waals surface area contributed by atoms with Crippen molar-refractivity contribution in [2.45, 2.75) is 20.0 Å². The van der Waals surface area contributed by atoms with Crippen LogP contribution < -0.4 is 10.6 Å². The van der Waals surface area contributed by atoms with Crippen LogP contribution in [0.3, 0.4) is 0 Å². The minimum atomic E-state index is -0.172. The SMILES string of the molecule is C=C(C)C(=O)NCc1ccc(C(=O)NCc2ccccc2)cc1. The maximum Gasteiger partial charge on any atom is 0.251 e. The van der Waals surface area contributed by atoms with Crippen molar-refractivity contribution in [1.29, 1.82) is 0 Å². The first-order valence-electron chi connectivity index (χ1n) is 7.41. The van der Waals surface area contributed by atoms with Crippen LogP contribution in [-0.4, -0.2) is 11.8 Å². The molecule has 4 heteroatoms. The first-order valence-corrected chi connectivity index (χ1v) is 7.41. The molecule has 0 aliphatic rings. The molecule has 0 aliphatic heterocycles. The third-order valence-electron chi connectivity index (χ3n) is 3.35. The van der Waals surface area contributed by atoms with Gasteiger partial charge in [0.05, 0.1) is 0 Å². The van der Waals surface area contributed by atoms with Gasteiger partial charge in [0, 0.05) is 24.2 Å². The highest BCUT2D eigenvalue weighted by Gasteiger charge is 2.06. The van der Waals surface area contributed by atoms with E-state index in [1.54, 1.807) is 19.1 Å². The Bertz CT molecular complexity index is 691. The molecule has 0 saturated heterocycles. The first kappa shape index (κ1) is 16.5. The van der Waals surface area contributed by atoms with Crippen LogP contribution >= 0.6 is 0 Å². The number of carbonyl (C=O) groups excluding carboxylic acids is 2. The van der Waals surface area contributed by atoms with Crippen molar-refractivity contribution in [3.05, 3.63) is 83.4 Å². The predicted molar refractivity (Wildman–Crippen MR) is 90.7 cm³/mol. The Morgan fingerprint density at radius 3 is 2.04 bits per heavy atom. The maximum atomic E-state index is 12.1. The van der Waals surface area contributed by atoms with E-state index in [-0.39, 0.29) is 11.8 Å². The molecule has 0 aromatic heterocycles. The second-order valence-corrected chi connectivity index (χ2v) is 5.33. The Morgan fingerprint density at radius 1 is 0.870 bits per heavy atom. The van der Waals surface area contributed by atoms with Crippen LogP contribution in [0, 0.1) is 0 Å². The Balaban J connectivity index is 1.87. The summed E-state index contributed by atoms with van der Waals surface area (Å²) >= 11 is 0. The second-order valence-electron chi connectivity index (χ2n) is 5.33. The Labute approximate surface area is 136 Å². The Morgan fingerprint density at radius 2 is 1.43 bits per heavy atom. The van der Waals surface area contributed by atoms with Crippen LogP contribution in [0.4, 0.5) is 0 Å². The highest BCUT2D eigenvalue weighted by Crippen LogP contribution is 2.06. The largest absolute Gasteiger partial charge is 0.348 e. The quantitative estimate of drug-likeness (QED) is 0.806. The standard InChI is InChI=1S/C19H20N2O2/c1-14(2)18(22)20-13-16-8-10-17(11-9-16)19(23)21-12-15-6-4-3-5-7-15/h3-11H,1,12-13H2,2H3,(H,20,22)(H,21,23). The summed E-state index contributed by atoms with van der Waals surface area (Å²) in [5.41, 5.74) is 3.05. The van der Waals surface area contributed by atoms with Gasteiger partial charge in [-0.3, -0.25) is 9.59 Å². The minimum absolute atomic E-state index is 0.119. The zero-order valence-electron chi connectivity index (χ0n) is 13.1. The van der Waals surface area contributed by atoms with E-state index in [2.05, 4.69) is 17.2 Å². The minimum Gasteiger partial charge on any atom is -0.348 e. The van der Waals surface area contributed by atoms with Gasteiger partial charge in [-0.2, -0.15) is 0 Å². The fraction of sp³-hybridized carbons (Fsp3) is 0.158. The van der Waals surface area contributed by atoms with E-state index in [4.69, 9.17) is 0 Å². The topological polar surface area (TPSA) is 58.2 Å². The third kappa shape index (κ3) is 5.11. The zero-order chi connectivity index (χ0) is 16.7. The third-order valence-corrected chi connectivity index (χ3v) is 3.35. The van der Waals surface area contributed by atoms with Gasteiger partial charge in [-0.15, -0.1) is 0 Å². The van der Waals surface area contributed by atoms with Crippen molar-refractivity contribution in [2.75, 3.05) is 0 Å². The van der Waals surface area contributed by atoms with Gasteiger partial charge in [0.2, 0.25) is 5.91 Å². The molecule has 0 saturated carbocycles. The molecule has 0 atom stereocenters. The Hall–Kier alpha value is -2.88. The number of rotatable bonds is 6. The predicted octanol–water partition coefficient (Wildman–Crippen LogP) is 2.81. The molecule has 0 unspecified atom stereocenters. The summed E-state index contributed by atoms with van der Waals surface area (Å²) in [7, 11) is 0. The van der Waals surface area contributed by atoms with Gasteiger partial charge in [-0.25, -0.2) is 0 Å². The van der Waals surface area contributed by atoms with Gasteiger partial charge >= 0.3 is 0 Å². The van der Waals surface area contributed by atoms with Crippen molar-refractivity contribution < 1.29 is 9.59 Å². The van der Waals surface area contributed by atoms with Crippen molar-refractivity contribution in [2.24, 2.45) is 0 Å². The summed E-state index contributed by atoms with van der Waals surface area (Å²) in [5, 5.41) is 5.63. The van der Waals surface area contributed by atoms with Crippen LogP contribution in [0.15, 0.2) is 66.7 Å². The highest BCUT2D eigenvalue weighted by atomic mass is 16.2. The molecule has 4 nitrogen and oxygen atoms in total. The van der Waals surface area contributed by atoms with E-state index < -0.39 is 0 Å². The van der Waals surface area contributed by atoms with Crippen molar-refractivity contribution in [3.8, 4) is 0 Å². The average Bonchev–Trinajstić information content (AvgIpc) is 2.58. The number of amides is 2. The van der Waals surface area contributed by atoms with Crippen molar-refractivity contribution >= 4 is 11.8 Å². The molecule has 0 fully saturated rings. The van der Waals surface area contributed by atoms with E-state index in [1.165, 1.54) is 0 Å². The normalized spacial score (nSPS) is 9.96. The monoisotopic (exact) mass is 308 g/mol. The first-order chi connectivity index (χ1) is 11.1. The molecule has 2 amide bonds. The fourth-order valence-electron chi connectivity index (χ4n) is 1.99. The Kier molecular flexibility index (Phi) is 5.69. The van der Waals surface area contributed by atoms with Crippen molar-refractivity contribution in [3.63, 3.8) is 0 Å². The van der Waals surface area contributed by atoms with Gasteiger partial charge in [0.15, 0.2) is 0 Å². The molecule has 0 aliphatic carbocycles. The lowest BCUT2D eigenvalue weighted by Crippen LogP contribution is -2.24. The number of hydrogen-bond acceptors (Lipinski definition) is 2. The van der Waals surface area contributed by atoms with Crippen LogP contribution in [0.5, 0.6) is 0 Å². The summed E-state index contributed by atoms with van der Waals surface area (Å²) in [4.78, 5) is 23.5. The summed E-state index contributed by atoms with van der Waals surface area (Å²) in [5.74, 6) is -0.291. The van der Waals surface area contributed by atoms with Gasteiger partial charge in [0.1, 0.15) is 0 Å². The smallest absolute Gasteiger partial charge is 0.251 e. The van der Waals surface area contributed by atoms with Gasteiger partial charge in [-0.05, 0) is 30.2 Å². The molecule has 0 radical (unpaired) electrons. The molecule has 2 aromatic carbocycles. The molecule has 2 aromatic rings. The van der Waals surface area contributed by atoms with Gasteiger partial charge < -0.3 is 10.6 Å². The maximum absolute atomic E-state index is 12.1. The highest BCUT2D eigenvalue weighted by molar-refractivity contribution is 5.94. The molecular weight excluding hydrogens is 288 g/mol. The molecule has 2 N–H and O–H groups in total. The van der Waals surface area contributed by atoms with E-state index in [9.17, 15) is 9.59 Å². The van der Waals surface area contributed by atoms with E-state index in [1.807, 2.05) is 42.5 Å². The molecule has 0 bridgehead atoms. The van der Waals surface area contributed by atoms with Crippen LogP contribution in [0.1, 0.15) is 28.4 Å². The molecule has 118 valence electrons. The zero-order valence-corrected chi connectivity index (χ0v) is 13.1. The van der Waals surface area contributed by atoms with Crippen LogP contribution in [0.25, 0.3) is 0 Å². The van der Waals surface area contributed by atoms with Gasteiger partial charge in [-0.1, -0.05) is 49.0 Å². The van der Waals surface area contributed by atoms with E-state index in [0.717, 1.165) is 11.1 Å².